The molecule has 0 bridgehead atoms. The summed E-state index contributed by atoms with van der Waals surface area (Å²) in [5, 5.41) is 0.469. The van der Waals surface area contributed by atoms with Gasteiger partial charge in [0.25, 0.3) is 0 Å². The first-order chi connectivity index (χ1) is 17.1. The fraction of sp³-hybridized carbons (Fsp3) is 0.250. The van der Waals surface area contributed by atoms with Crippen molar-refractivity contribution in [3.63, 3.8) is 0 Å². The second kappa shape index (κ2) is 11.8. The fourth-order valence-electron chi connectivity index (χ4n) is 2.95. The number of rotatable bonds is 8. The molecule has 0 aliphatic rings. The van der Waals surface area contributed by atoms with E-state index in [9.17, 15) is 22.8 Å². The molecule has 36 heavy (non-hydrogen) atoms. The van der Waals surface area contributed by atoms with Crippen LogP contribution in [-0.2, 0) is 20.4 Å². The number of aromatic nitrogens is 2. The molecule has 3 aromatic rings. The van der Waals surface area contributed by atoms with Gasteiger partial charge in [0.1, 0.15) is 6.04 Å². The molecule has 0 aliphatic carbocycles. The zero-order valence-electron chi connectivity index (χ0n) is 19.0. The molecule has 0 radical (unpaired) electrons. The van der Waals surface area contributed by atoms with Gasteiger partial charge in [-0.1, -0.05) is 23.7 Å². The number of alkyl halides is 3. The molecule has 1 atom stereocenters. The Morgan fingerprint density at radius 2 is 1.78 bits per heavy atom. The van der Waals surface area contributed by atoms with Crippen LogP contribution in [0.2, 0.25) is 5.02 Å². The second-order valence-electron chi connectivity index (χ2n) is 7.56. The number of carbonyl (C=O) groups is 2. The van der Waals surface area contributed by atoms with Crippen molar-refractivity contribution in [2.75, 3.05) is 18.1 Å². The van der Waals surface area contributed by atoms with Gasteiger partial charge in [0.2, 0.25) is 5.95 Å². The SMILES string of the molecule is C[C@H](N)C(=O)OCCCOC(=O)N(c1ccc(C(F)(F)F)cc1)c1nccc(-c2cccc(Cl)c2)n1. The van der Waals surface area contributed by atoms with Gasteiger partial charge in [-0.3, -0.25) is 4.79 Å². The summed E-state index contributed by atoms with van der Waals surface area (Å²) in [5.74, 6) is -0.723. The molecule has 0 spiro atoms. The highest BCUT2D eigenvalue weighted by atomic mass is 35.5. The van der Waals surface area contributed by atoms with E-state index in [0.29, 0.717) is 16.3 Å². The Labute approximate surface area is 209 Å². The van der Waals surface area contributed by atoms with Crippen LogP contribution in [0.3, 0.4) is 0 Å². The fourth-order valence-corrected chi connectivity index (χ4v) is 3.14. The number of halogens is 4. The smallest absolute Gasteiger partial charge is 0.421 e. The molecule has 190 valence electrons. The number of benzene rings is 2. The highest BCUT2D eigenvalue weighted by Gasteiger charge is 2.31. The van der Waals surface area contributed by atoms with Gasteiger partial charge in [-0.25, -0.2) is 19.7 Å². The first-order valence-corrected chi connectivity index (χ1v) is 11.1. The van der Waals surface area contributed by atoms with Gasteiger partial charge in [0.15, 0.2) is 0 Å². The van der Waals surface area contributed by atoms with E-state index >= 15 is 0 Å². The normalized spacial score (nSPS) is 12.1. The lowest BCUT2D eigenvalue weighted by Crippen LogP contribution is -2.30. The van der Waals surface area contributed by atoms with Gasteiger partial charge in [-0.05, 0) is 49.4 Å². The third-order valence-electron chi connectivity index (χ3n) is 4.73. The first kappa shape index (κ1) is 26.9. The number of anilines is 2. The summed E-state index contributed by atoms with van der Waals surface area (Å²) in [7, 11) is 0. The Kier molecular flexibility index (Phi) is 8.83. The van der Waals surface area contributed by atoms with Crippen molar-refractivity contribution in [3.8, 4) is 11.3 Å². The summed E-state index contributed by atoms with van der Waals surface area (Å²) in [4.78, 5) is 33.9. The van der Waals surface area contributed by atoms with Crippen LogP contribution in [0.25, 0.3) is 11.3 Å². The minimum absolute atomic E-state index is 0.0331. The molecule has 1 heterocycles. The summed E-state index contributed by atoms with van der Waals surface area (Å²) in [5.41, 5.74) is 5.65. The average molecular weight is 523 g/mol. The van der Waals surface area contributed by atoms with E-state index in [4.69, 9.17) is 26.8 Å². The van der Waals surface area contributed by atoms with Crippen molar-refractivity contribution in [2.24, 2.45) is 5.73 Å². The molecule has 0 aliphatic heterocycles. The van der Waals surface area contributed by atoms with Gasteiger partial charge in [0, 0.05) is 23.2 Å². The molecule has 2 aromatic carbocycles. The van der Waals surface area contributed by atoms with Crippen LogP contribution in [0.15, 0.2) is 60.8 Å². The summed E-state index contributed by atoms with van der Waals surface area (Å²) < 4.78 is 49.3. The largest absolute Gasteiger partial charge is 0.464 e. The van der Waals surface area contributed by atoms with Crippen LogP contribution in [0.1, 0.15) is 18.9 Å². The number of amides is 1. The molecule has 12 heteroatoms. The Morgan fingerprint density at radius 1 is 1.08 bits per heavy atom. The number of hydrogen-bond acceptors (Lipinski definition) is 7. The van der Waals surface area contributed by atoms with Crippen LogP contribution in [-0.4, -0.2) is 41.3 Å². The zero-order valence-corrected chi connectivity index (χ0v) is 19.8. The average Bonchev–Trinajstić information content (AvgIpc) is 2.84. The predicted molar refractivity (Wildman–Crippen MR) is 127 cm³/mol. The molecule has 0 fully saturated rings. The van der Waals surface area contributed by atoms with Gasteiger partial charge < -0.3 is 15.2 Å². The molecular weight excluding hydrogens is 501 g/mol. The maximum absolute atomic E-state index is 13.0. The van der Waals surface area contributed by atoms with Crippen LogP contribution >= 0.6 is 11.6 Å². The number of nitrogens with zero attached hydrogens (tertiary/aromatic N) is 3. The highest BCUT2D eigenvalue weighted by molar-refractivity contribution is 6.30. The molecule has 0 saturated heterocycles. The van der Waals surface area contributed by atoms with Crippen molar-refractivity contribution >= 4 is 35.3 Å². The molecule has 3 rings (SSSR count). The Hall–Kier alpha value is -3.70. The Morgan fingerprint density at radius 3 is 2.42 bits per heavy atom. The third kappa shape index (κ3) is 7.15. The highest BCUT2D eigenvalue weighted by Crippen LogP contribution is 2.32. The van der Waals surface area contributed by atoms with Crippen molar-refractivity contribution < 1.29 is 32.2 Å². The molecule has 2 N–H and O–H groups in total. The van der Waals surface area contributed by atoms with Crippen LogP contribution < -0.4 is 10.6 Å². The standard InChI is InChI=1S/C24H22ClF3N4O4/c1-15(29)21(33)35-12-3-13-36-23(34)32(19-8-6-17(7-9-19)24(26,27)28)22-30-11-10-20(31-22)16-4-2-5-18(25)14-16/h2,4-11,14-15H,3,12-13,29H2,1H3/t15-/m0/s1. The van der Waals surface area contributed by atoms with Gasteiger partial charge in [-0.2, -0.15) is 13.2 Å². The zero-order chi connectivity index (χ0) is 26.3. The predicted octanol–water partition coefficient (Wildman–Crippen LogP) is 5.37. The number of hydrogen-bond donors (Lipinski definition) is 1. The Bertz CT molecular complexity index is 1210. The quantitative estimate of drug-likeness (QED) is 0.313. The van der Waals surface area contributed by atoms with Crippen molar-refractivity contribution in [1.29, 1.82) is 0 Å². The van der Waals surface area contributed by atoms with Crippen molar-refractivity contribution in [1.82, 2.24) is 9.97 Å². The summed E-state index contributed by atoms with van der Waals surface area (Å²) in [6.45, 7) is 1.30. The van der Waals surface area contributed by atoms with Gasteiger partial charge >= 0.3 is 18.2 Å². The van der Waals surface area contributed by atoms with Gasteiger partial charge in [-0.15, -0.1) is 0 Å². The van der Waals surface area contributed by atoms with E-state index in [2.05, 4.69) is 9.97 Å². The van der Waals surface area contributed by atoms with Crippen molar-refractivity contribution in [2.45, 2.75) is 25.6 Å². The lowest BCUT2D eigenvalue weighted by atomic mass is 10.1. The number of ether oxygens (including phenoxy) is 2. The molecule has 1 amide bonds. The molecular formula is C24H22ClF3N4O4. The summed E-state index contributed by atoms with van der Waals surface area (Å²) in [6.07, 6.45) is -3.91. The van der Waals surface area contributed by atoms with E-state index in [1.807, 2.05) is 0 Å². The van der Waals surface area contributed by atoms with E-state index in [1.54, 1.807) is 30.3 Å². The summed E-state index contributed by atoms with van der Waals surface area (Å²) >= 11 is 6.06. The topological polar surface area (TPSA) is 108 Å². The minimum Gasteiger partial charge on any atom is -0.464 e. The number of nitrogens with two attached hydrogens (primary N) is 1. The van der Waals surface area contributed by atoms with Crippen molar-refractivity contribution in [3.05, 3.63) is 71.4 Å². The maximum atomic E-state index is 13.0. The van der Waals surface area contributed by atoms with E-state index in [-0.39, 0.29) is 31.3 Å². The molecule has 8 nitrogen and oxygen atoms in total. The van der Waals surface area contributed by atoms with E-state index in [1.165, 1.54) is 13.1 Å². The lowest BCUT2D eigenvalue weighted by Gasteiger charge is -2.21. The minimum atomic E-state index is -4.55. The first-order valence-electron chi connectivity index (χ1n) is 10.7. The maximum Gasteiger partial charge on any atom is 0.421 e. The monoisotopic (exact) mass is 522 g/mol. The third-order valence-corrected chi connectivity index (χ3v) is 4.96. The lowest BCUT2D eigenvalue weighted by molar-refractivity contribution is -0.145. The molecule has 1 aromatic heterocycles. The molecule has 0 saturated carbocycles. The van der Waals surface area contributed by atoms with Gasteiger partial charge in [0.05, 0.1) is 30.2 Å². The Balaban J connectivity index is 1.85. The van der Waals surface area contributed by atoms with E-state index in [0.717, 1.165) is 29.2 Å². The van der Waals surface area contributed by atoms with Crippen LogP contribution in [0.4, 0.5) is 29.6 Å². The summed E-state index contributed by atoms with van der Waals surface area (Å²) in [6, 6.07) is 11.5. The van der Waals surface area contributed by atoms with Crippen LogP contribution in [0, 0.1) is 0 Å². The van der Waals surface area contributed by atoms with E-state index < -0.39 is 29.8 Å². The van der Waals surface area contributed by atoms with Crippen LogP contribution in [0.5, 0.6) is 0 Å². The molecule has 0 unspecified atom stereocenters. The number of carbonyl (C=O) groups excluding carboxylic acids is 2. The second-order valence-corrected chi connectivity index (χ2v) is 7.99. The number of esters is 1.